The number of fused-ring (bicyclic) bond motifs is 2. The van der Waals surface area contributed by atoms with Crippen molar-refractivity contribution < 1.29 is 19.1 Å². The van der Waals surface area contributed by atoms with Gasteiger partial charge >= 0.3 is 0 Å². The van der Waals surface area contributed by atoms with E-state index in [4.69, 9.17) is 9.47 Å². The maximum absolute atomic E-state index is 12.2. The van der Waals surface area contributed by atoms with Gasteiger partial charge < -0.3 is 14.8 Å². The Bertz CT molecular complexity index is 815. The highest BCUT2D eigenvalue weighted by Gasteiger charge is 2.34. The molecule has 0 fully saturated rings. The number of aryl methyl sites for hydroxylation is 1. The maximum atomic E-state index is 12.2. The molecule has 0 bridgehead atoms. The Labute approximate surface area is 130 Å². The predicted octanol–water partition coefficient (Wildman–Crippen LogP) is 0.837. The highest BCUT2D eigenvalue weighted by Crippen LogP contribution is 2.34. The van der Waals surface area contributed by atoms with Crippen molar-refractivity contribution >= 4 is 23.5 Å². The lowest BCUT2D eigenvalue weighted by molar-refractivity contribution is -0.123. The molecule has 0 spiro atoms. The highest BCUT2D eigenvalue weighted by molar-refractivity contribution is 6.01. The van der Waals surface area contributed by atoms with Gasteiger partial charge in [-0.25, -0.2) is 4.68 Å². The Balaban J connectivity index is 1.47. The summed E-state index contributed by atoms with van der Waals surface area (Å²) in [5.41, 5.74) is 0.577. The van der Waals surface area contributed by atoms with Gasteiger partial charge in [0.25, 0.3) is 5.91 Å². The second-order valence-corrected chi connectivity index (χ2v) is 5.25. The summed E-state index contributed by atoms with van der Waals surface area (Å²) >= 11 is 0. The minimum Gasteiger partial charge on any atom is -0.454 e. The van der Waals surface area contributed by atoms with Crippen LogP contribution in [0.5, 0.6) is 11.5 Å². The molecular weight excluding hydrogens is 302 g/mol. The second-order valence-electron chi connectivity index (χ2n) is 5.25. The summed E-state index contributed by atoms with van der Waals surface area (Å²) in [5.74, 6) is 1.54. The van der Waals surface area contributed by atoms with Crippen molar-refractivity contribution in [1.29, 1.82) is 0 Å². The van der Waals surface area contributed by atoms with Crippen LogP contribution in [0.3, 0.4) is 0 Å². The van der Waals surface area contributed by atoms with Crippen LogP contribution in [-0.2, 0) is 9.59 Å². The van der Waals surface area contributed by atoms with Crippen molar-refractivity contribution in [1.82, 2.24) is 14.8 Å². The standard InChI is InChI=1S/C14H13N5O4/c1-7-15-14-17-13(21)9(19(14)18-7)5-12(20)16-8-2-3-10-11(4-8)23-6-22-10/h2-4,9H,5-6H2,1H3,(H,16,20)(H,15,17,18,21)/t9-/m1/s1. The molecule has 2 amide bonds. The molecular formula is C14H13N5O4. The number of rotatable bonds is 3. The number of anilines is 2. The molecule has 2 aliphatic rings. The number of hydrogen-bond donors (Lipinski definition) is 2. The maximum Gasteiger partial charge on any atom is 0.252 e. The molecule has 2 N–H and O–H groups in total. The predicted molar refractivity (Wildman–Crippen MR) is 78.2 cm³/mol. The molecule has 118 valence electrons. The highest BCUT2D eigenvalue weighted by atomic mass is 16.7. The smallest absolute Gasteiger partial charge is 0.252 e. The molecule has 2 aromatic rings. The molecule has 2 aliphatic heterocycles. The van der Waals surface area contributed by atoms with E-state index < -0.39 is 6.04 Å². The van der Waals surface area contributed by atoms with E-state index in [1.807, 2.05) is 0 Å². The largest absolute Gasteiger partial charge is 0.454 e. The molecule has 0 aliphatic carbocycles. The van der Waals surface area contributed by atoms with Crippen LogP contribution in [-0.4, -0.2) is 33.4 Å². The number of ether oxygens (including phenoxy) is 2. The molecule has 23 heavy (non-hydrogen) atoms. The van der Waals surface area contributed by atoms with E-state index in [1.165, 1.54) is 4.68 Å². The number of carbonyl (C=O) groups excluding carboxylic acids is 2. The normalized spacial score (nSPS) is 17.8. The third-order valence-electron chi connectivity index (χ3n) is 3.61. The van der Waals surface area contributed by atoms with Crippen LogP contribution in [0.2, 0.25) is 0 Å². The fraction of sp³-hybridized carbons (Fsp3) is 0.286. The van der Waals surface area contributed by atoms with Crippen LogP contribution in [0.25, 0.3) is 0 Å². The summed E-state index contributed by atoms with van der Waals surface area (Å²) in [5, 5.41) is 9.48. The van der Waals surface area contributed by atoms with E-state index in [-0.39, 0.29) is 25.0 Å². The van der Waals surface area contributed by atoms with Crippen LogP contribution in [0, 0.1) is 6.92 Å². The number of aromatic nitrogens is 3. The van der Waals surface area contributed by atoms with E-state index >= 15 is 0 Å². The van der Waals surface area contributed by atoms with Gasteiger partial charge in [0.1, 0.15) is 11.9 Å². The Morgan fingerprint density at radius 3 is 3.13 bits per heavy atom. The van der Waals surface area contributed by atoms with Crippen LogP contribution < -0.4 is 20.1 Å². The fourth-order valence-corrected chi connectivity index (χ4v) is 2.58. The molecule has 1 atom stereocenters. The lowest BCUT2D eigenvalue weighted by Gasteiger charge is -2.10. The van der Waals surface area contributed by atoms with Gasteiger partial charge in [-0.3, -0.25) is 14.9 Å². The van der Waals surface area contributed by atoms with Gasteiger partial charge in [-0.2, -0.15) is 10.1 Å². The van der Waals surface area contributed by atoms with Crippen LogP contribution >= 0.6 is 0 Å². The zero-order valence-electron chi connectivity index (χ0n) is 12.2. The number of hydrogen-bond acceptors (Lipinski definition) is 6. The van der Waals surface area contributed by atoms with Gasteiger partial charge in [0.05, 0.1) is 6.42 Å². The van der Waals surface area contributed by atoms with Gasteiger partial charge in [0.15, 0.2) is 11.5 Å². The van der Waals surface area contributed by atoms with E-state index in [2.05, 4.69) is 20.7 Å². The van der Waals surface area contributed by atoms with E-state index in [0.717, 1.165) is 0 Å². The third kappa shape index (κ3) is 2.35. The van der Waals surface area contributed by atoms with Gasteiger partial charge in [-0.05, 0) is 19.1 Å². The minimum absolute atomic E-state index is 0.0317. The number of benzene rings is 1. The van der Waals surface area contributed by atoms with Crippen molar-refractivity contribution in [3.63, 3.8) is 0 Å². The molecule has 0 radical (unpaired) electrons. The molecule has 1 aromatic carbocycles. The lowest BCUT2D eigenvalue weighted by atomic mass is 10.2. The lowest BCUT2D eigenvalue weighted by Crippen LogP contribution is -2.23. The Hall–Kier alpha value is -3.10. The van der Waals surface area contributed by atoms with Crippen molar-refractivity contribution in [2.75, 3.05) is 17.4 Å². The van der Waals surface area contributed by atoms with Crippen molar-refractivity contribution in [2.45, 2.75) is 19.4 Å². The monoisotopic (exact) mass is 315 g/mol. The summed E-state index contributed by atoms with van der Waals surface area (Å²) in [6.45, 7) is 1.89. The van der Waals surface area contributed by atoms with E-state index in [9.17, 15) is 9.59 Å². The number of carbonyl (C=O) groups is 2. The van der Waals surface area contributed by atoms with E-state index in [0.29, 0.717) is 29.0 Å². The summed E-state index contributed by atoms with van der Waals surface area (Å²) in [7, 11) is 0. The van der Waals surface area contributed by atoms with Crippen LogP contribution in [0.4, 0.5) is 11.6 Å². The molecule has 9 heteroatoms. The molecule has 1 aromatic heterocycles. The number of nitrogens with zero attached hydrogens (tertiary/aromatic N) is 3. The Morgan fingerprint density at radius 1 is 1.43 bits per heavy atom. The summed E-state index contributed by atoms with van der Waals surface area (Å²) in [4.78, 5) is 28.2. The topological polar surface area (TPSA) is 107 Å². The van der Waals surface area contributed by atoms with Crippen molar-refractivity contribution in [2.24, 2.45) is 0 Å². The van der Waals surface area contributed by atoms with E-state index in [1.54, 1.807) is 25.1 Å². The van der Waals surface area contributed by atoms with Gasteiger partial charge in [-0.1, -0.05) is 0 Å². The average Bonchev–Trinajstić information content (AvgIpc) is 3.16. The van der Waals surface area contributed by atoms with Crippen molar-refractivity contribution in [3.8, 4) is 11.5 Å². The molecule has 0 unspecified atom stereocenters. The first-order chi connectivity index (χ1) is 11.1. The molecule has 9 nitrogen and oxygen atoms in total. The molecule has 0 saturated carbocycles. The molecule has 3 heterocycles. The average molecular weight is 315 g/mol. The SMILES string of the molecule is Cc1nc2n(n1)[C@H](CC(=O)Nc1ccc3c(c1)OCO3)C(=O)N2. The van der Waals surface area contributed by atoms with Crippen molar-refractivity contribution in [3.05, 3.63) is 24.0 Å². The second kappa shape index (κ2) is 4.97. The summed E-state index contributed by atoms with van der Waals surface area (Å²) in [6.07, 6.45) is -0.0317. The number of nitrogens with one attached hydrogen (secondary N) is 2. The minimum atomic E-state index is -0.694. The van der Waals surface area contributed by atoms with Gasteiger partial charge in [0, 0.05) is 11.8 Å². The summed E-state index contributed by atoms with van der Waals surface area (Å²) in [6, 6.07) is 4.42. The Morgan fingerprint density at radius 2 is 2.26 bits per heavy atom. The summed E-state index contributed by atoms with van der Waals surface area (Å²) < 4.78 is 11.9. The first kappa shape index (κ1) is 13.6. The zero-order valence-corrected chi connectivity index (χ0v) is 12.2. The number of amides is 2. The quantitative estimate of drug-likeness (QED) is 0.869. The fourth-order valence-electron chi connectivity index (χ4n) is 2.58. The van der Waals surface area contributed by atoms with Gasteiger partial charge in [0.2, 0.25) is 18.6 Å². The first-order valence-electron chi connectivity index (χ1n) is 7.03. The Kier molecular flexibility index (Phi) is 2.93. The molecule has 0 saturated heterocycles. The van der Waals surface area contributed by atoms with Gasteiger partial charge in [-0.15, -0.1) is 0 Å². The first-order valence-corrected chi connectivity index (χ1v) is 7.03. The van der Waals surface area contributed by atoms with Crippen LogP contribution in [0.1, 0.15) is 18.3 Å². The molecule has 4 rings (SSSR count). The van der Waals surface area contributed by atoms with Crippen LogP contribution in [0.15, 0.2) is 18.2 Å². The zero-order chi connectivity index (χ0) is 16.0. The third-order valence-corrected chi connectivity index (χ3v) is 3.61.